The van der Waals surface area contributed by atoms with E-state index in [4.69, 9.17) is 4.74 Å². The minimum atomic E-state index is -0.615. The van der Waals surface area contributed by atoms with Crippen LogP contribution in [-0.4, -0.2) is 102 Å². The third-order valence-corrected chi connectivity index (χ3v) is 15.9. The molecular weight excluding hydrogens is 840 g/mol. The Morgan fingerprint density at radius 1 is 0.894 bits per heavy atom. The monoisotopic (exact) mass is 896 g/mol. The molecule has 0 bridgehead atoms. The lowest BCUT2D eigenvalue weighted by molar-refractivity contribution is -0.163. The van der Waals surface area contributed by atoms with E-state index in [-0.39, 0.29) is 47.4 Å². The van der Waals surface area contributed by atoms with Crippen molar-refractivity contribution in [2.24, 2.45) is 22.2 Å². The number of carbonyl (C=O) groups excluding carboxylic acids is 4. The first-order valence-electron chi connectivity index (χ1n) is 23.4. The number of hydrogen-bond donors (Lipinski definition) is 3. The summed E-state index contributed by atoms with van der Waals surface area (Å²) in [6, 6.07) is 18.5. The third kappa shape index (κ3) is 7.56. The number of nitrogens with one attached hydrogen (secondary N) is 3. The number of hydrogen-bond acceptors (Lipinski definition) is 10. The van der Waals surface area contributed by atoms with E-state index in [1.165, 1.54) is 25.0 Å². The predicted molar refractivity (Wildman–Crippen MR) is 247 cm³/mol. The zero-order valence-electron chi connectivity index (χ0n) is 38.0. The summed E-state index contributed by atoms with van der Waals surface area (Å²) in [7, 11) is 0. The smallest absolute Gasteiger partial charge is 0.255 e. The van der Waals surface area contributed by atoms with Gasteiger partial charge in [-0.2, -0.15) is 5.26 Å². The molecule has 4 aromatic rings. The summed E-state index contributed by atoms with van der Waals surface area (Å²) in [6.45, 7) is 14.9. The standard InChI is InChI=1S/C51H57FN8O6/c1-49(2)47(50(3,4)48(49)66-40-12-6-32(27-53)43-36(40)9-13-41(61)54-43)56-44(63)31-5-10-38(37(52)24-31)59-17-15-51(16-18-59)25-30(26-51)28-57-19-21-58(22-20-57)34-7-8-35-33(23-34)29-60(46(35)65)39-11-14-42(62)55-45(39)64/h5-10,12-13,23-24,30,39,47-48H,11,14-22,25-26,28-29H2,1-4H3,(H,54,61)(H,56,63)(H,55,62,64)/t39-,47?,48?/m0/s1. The number of ether oxygens (including phenoxy) is 1. The van der Waals surface area contributed by atoms with Crippen molar-refractivity contribution >= 4 is 45.9 Å². The normalized spacial score (nSPS) is 24.6. The number of carbonyl (C=O) groups is 4. The Balaban J connectivity index is 0.682. The minimum Gasteiger partial charge on any atom is -0.488 e. The van der Waals surface area contributed by atoms with Gasteiger partial charge in [0.2, 0.25) is 17.4 Å². The molecule has 15 heteroatoms. The second-order valence-electron chi connectivity index (χ2n) is 20.8. The van der Waals surface area contributed by atoms with E-state index in [1.54, 1.807) is 35.2 Å². The fraction of sp³-hybridized carbons (Fsp3) is 0.490. The van der Waals surface area contributed by atoms with Crippen LogP contribution in [0.3, 0.4) is 0 Å². The Labute approximate surface area is 383 Å². The number of piperazine rings is 1. The number of nitrogens with zero attached hydrogens (tertiary/aromatic N) is 5. The van der Waals surface area contributed by atoms with Crippen LogP contribution in [0.25, 0.3) is 10.9 Å². The van der Waals surface area contributed by atoms with Crippen molar-refractivity contribution in [3.8, 4) is 11.8 Å². The highest BCUT2D eigenvalue weighted by molar-refractivity contribution is 6.05. The molecule has 4 amide bonds. The molecule has 1 spiro atoms. The average Bonchev–Trinajstić information content (AvgIpc) is 3.61. The molecule has 4 aliphatic heterocycles. The number of nitriles is 1. The van der Waals surface area contributed by atoms with Crippen LogP contribution in [-0.2, 0) is 16.1 Å². The molecule has 10 rings (SSSR count). The van der Waals surface area contributed by atoms with E-state index in [2.05, 4.69) is 42.5 Å². The average molecular weight is 897 g/mol. The van der Waals surface area contributed by atoms with Gasteiger partial charge in [-0.05, 0) is 104 Å². The summed E-state index contributed by atoms with van der Waals surface area (Å²) in [5.74, 6) is -0.380. The molecule has 6 aliphatic rings. The van der Waals surface area contributed by atoms with Crippen LogP contribution in [0.1, 0.15) is 98.1 Å². The van der Waals surface area contributed by atoms with Gasteiger partial charge in [-0.25, -0.2) is 4.39 Å². The highest BCUT2D eigenvalue weighted by Crippen LogP contribution is 2.56. The molecule has 5 fully saturated rings. The molecule has 344 valence electrons. The molecule has 1 atom stereocenters. The number of benzene rings is 3. The van der Waals surface area contributed by atoms with Crippen molar-refractivity contribution in [2.45, 2.75) is 91.0 Å². The van der Waals surface area contributed by atoms with Crippen LogP contribution in [0.15, 0.2) is 65.5 Å². The van der Waals surface area contributed by atoms with Crippen molar-refractivity contribution in [2.75, 3.05) is 55.6 Å². The number of aromatic nitrogens is 1. The summed E-state index contributed by atoms with van der Waals surface area (Å²) < 4.78 is 22.4. The molecule has 3 N–H and O–H groups in total. The van der Waals surface area contributed by atoms with Crippen LogP contribution in [0, 0.1) is 39.3 Å². The van der Waals surface area contributed by atoms with Crippen molar-refractivity contribution in [3.63, 3.8) is 0 Å². The van der Waals surface area contributed by atoms with Crippen molar-refractivity contribution < 1.29 is 28.3 Å². The molecule has 1 aromatic heterocycles. The molecular formula is C51H57FN8O6. The fourth-order valence-corrected chi connectivity index (χ4v) is 12.7. The number of H-pyrrole nitrogens is 1. The molecule has 0 radical (unpaired) electrons. The van der Waals surface area contributed by atoms with Crippen molar-refractivity contribution in [1.82, 2.24) is 25.4 Å². The first kappa shape index (κ1) is 43.6. The number of amides is 4. The van der Waals surface area contributed by atoms with E-state index in [0.717, 1.165) is 69.9 Å². The van der Waals surface area contributed by atoms with Crippen LogP contribution in [0.2, 0.25) is 0 Å². The number of imide groups is 1. The third-order valence-electron chi connectivity index (χ3n) is 15.9. The Morgan fingerprint density at radius 3 is 2.33 bits per heavy atom. The number of anilines is 2. The minimum absolute atomic E-state index is 0.150. The summed E-state index contributed by atoms with van der Waals surface area (Å²) in [5, 5.41) is 15.8. The first-order valence-corrected chi connectivity index (χ1v) is 23.4. The molecule has 0 unspecified atom stereocenters. The maximum atomic E-state index is 15.8. The molecule has 2 saturated carbocycles. The number of rotatable bonds is 9. The molecule has 5 heterocycles. The fourth-order valence-electron chi connectivity index (χ4n) is 12.7. The number of pyridine rings is 1. The Bertz CT molecular complexity index is 2740. The van der Waals surface area contributed by atoms with Gasteiger partial charge in [0, 0.05) is 104 Å². The lowest BCUT2D eigenvalue weighted by atomic mass is 9.49. The quantitative estimate of drug-likeness (QED) is 0.176. The van der Waals surface area contributed by atoms with E-state index in [1.807, 2.05) is 39.8 Å². The number of halogens is 1. The van der Waals surface area contributed by atoms with Crippen LogP contribution < -0.4 is 30.7 Å². The van der Waals surface area contributed by atoms with Gasteiger partial charge in [0.15, 0.2) is 0 Å². The van der Waals surface area contributed by atoms with E-state index in [0.29, 0.717) is 57.8 Å². The molecule has 3 aromatic carbocycles. The van der Waals surface area contributed by atoms with E-state index < -0.39 is 28.6 Å². The summed E-state index contributed by atoms with van der Waals surface area (Å²) in [5.41, 5.74) is 3.23. The second kappa shape index (κ2) is 16.3. The molecule has 3 saturated heterocycles. The van der Waals surface area contributed by atoms with E-state index in [9.17, 15) is 29.2 Å². The van der Waals surface area contributed by atoms with Crippen molar-refractivity contribution in [3.05, 3.63) is 99.1 Å². The topological polar surface area (TPSA) is 171 Å². The SMILES string of the molecule is CC1(C)C(NC(=O)c2ccc(N3CCC4(CC3)CC(CN3CCN(c5ccc6c(c5)CN([C@H]5CCC(=O)NC5=O)C6=O)CC3)C4)c(F)c2)C(C)(C)C1Oc1ccc(C#N)c2[nH]c(=O)ccc12. The summed E-state index contributed by atoms with van der Waals surface area (Å²) in [4.78, 5) is 74.5. The van der Waals surface area contributed by atoms with Gasteiger partial charge in [0.25, 0.3) is 11.8 Å². The summed E-state index contributed by atoms with van der Waals surface area (Å²) in [6.07, 6.45) is 4.70. The highest BCUT2D eigenvalue weighted by atomic mass is 19.1. The Kier molecular flexibility index (Phi) is 10.7. The van der Waals surface area contributed by atoms with Gasteiger partial charge < -0.3 is 29.7 Å². The van der Waals surface area contributed by atoms with Gasteiger partial charge in [-0.15, -0.1) is 0 Å². The van der Waals surface area contributed by atoms with Crippen molar-refractivity contribution in [1.29, 1.82) is 5.26 Å². The summed E-state index contributed by atoms with van der Waals surface area (Å²) >= 11 is 0. The zero-order chi connectivity index (χ0) is 46.3. The van der Waals surface area contributed by atoms with Gasteiger partial charge in [-0.1, -0.05) is 27.7 Å². The van der Waals surface area contributed by atoms with Gasteiger partial charge in [0.05, 0.1) is 16.8 Å². The maximum absolute atomic E-state index is 15.8. The maximum Gasteiger partial charge on any atom is 0.255 e. The first-order chi connectivity index (χ1) is 31.5. The highest BCUT2D eigenvalue weighted by Gasteiger charge is 2.64. The van der Waals surface area contributed by atoms with Crippen LogP contribution in [0.4, 0.5) is 15.8 Å². The lowest BCUT2D eigenvalue weighted by Gasteiger charge is -2.63. The van der Waals surface area contributed by atoms with E-state index >= 15 is 4.39 Å². The Morgan fingerprint density at radius 2 is 1.64 bits per heavy atom. The largest absolute Gasteiger partial charge is 0.488 e. The second-order valence-corrected chi connectivity index (χ2v) is 20.8. The van der Waals surface area contributed by atoms with Gasteiger partial charge in [0.1, 0.15) is 29.8 Å². The number of aromatic amines is 1. The number of fused-ring (bicyclic) bond motifs is 2. The van der Waals surface area contributed by atoms with Crippen LogP contribution in [0.5, 0.6) is 5.75 Å². The van der Waals surface area contributed by atoms with Gasteiger partial charge >= 0.3 is 0 Å². The zero-order valence-corrected chi connectivity index (χ0v) is 38.0. The molecule has 14 nitrogen and oxygen atoms in total. The Hall–Kier alpha value is -6.27. The van der Waals surface area contributed by atoms with Crippen LogP contribution >= 0.6 is 0 Å². The lowest BCUT2D eigenvalue weighted by Crippen LogP contribution is -2.74. The number of piperidine rings is 2. The predicted octanol–water partition coefficient (Wildman–Crippen LogP) is 5.73. The molecule has 66 heavy (non-hydrogen) atoms. The van der Waals surface area contributed by atoms with Gasteiger partial charge in [-0.3, -0.25) is 34.2 Å². The molecule has 2 aliphatic carbocycles.